The molecule has 2 aliphatic heterocycles. The summed E-state index contributed by atoms with van der Waals surface area (Å²) in [7, 11) is 0. The van der Waals surface area contributed by atoms with Crippen molar-refractivity contribution in [2.45, 2.75) is 24.3 Å². The molecule has 0 aromatic heterocycles. The van der Waals surface area contributed by atoms with E-state index < -0.39 is 24.4 Å². The SMILES string of the molecule is O=C1N(Cc2ccccc2)[C@@H]([C@H](O)CO)[C@@]12OCC=C2c1ccccc1. The maximum Gasteiger partial charge on any atom is 0.262 e. The molecule has 2 heterocycles. The topological polar surface area (TPSA) is 70.0 Å². The second-order valence-corrected chi connectivity index (χ2v) is 6.64. The number of aliphatic hydroxyl groups excluding tert-OH is 2. The Bertz CT molecular complexity index is 820. The zero-order valence-electron chi connectivity index (χ0n) is 14.3. The van der Waals surface area contributed by atoms with Gasteiger partial charge in [0, 0.05) is 12.1 Å². The van der Waals surface area contributed by atoms with E-state index >= 15 is 0 Å². The number of carbonyl (C=O) groups excluding carboxylic acids is 1. The van der Waals surface area contributed by atoms with Gasteiger partial charge in [-0.2, -0.15) is 0 Å². The quantitative estimate of drug-likeness (QED) is 0.803. The molecule has 2 aromatic rings. The maximum absolute atomic E-state index is 13.2. The summed E-state index contributed by atoms with van der Waals surface area (Å²) in [5.74, 6) is -0.175. The molecule has 2 N–H and O–H groups in total. The number of carbonyl (C=O) groups is 1. The van der Waals surface area contributed by atoms with Crippen LogP contribution in [0.3, 0.4) is 0 Å². The standard InChI is InChI=1S/C21H21NO4/c23-14-18(24)19-21(17(11-12-26-21)16-9-5-2-6-10-16)20(25)22(19)13-15-7-3-1-4-8-15/h1-11,18-19,23-24H,12-14H2/t18-,19+,21-/m1/s1. The second kappa shape index (κ2) is 6.68. The van der Waals surface area contributed by atoms with Crippen molar-refractivity contribution in [1.29, 1.82) is 0 Å². The molecule has 0 unspecified atom stereocenters. The lowest BCUT2D eigenvalue weighted by atomic mass is 9.72. The third kappa shape index (κ3) is 2.48. The van der Waals surface area contributed by atoms with Gasteiger partial charge in [-0.05, 0) is 11.1 Å². The summed E-state index contributed by atoms with van der Waals surface area (Å²) in [6, 6.07) is 18.6. The Morgan fingerprint density at radius 3 is 2.42 bits per heavy atom. The molecule has 1 spiro atoms. The smallest absolute Gasteiger partial charge is 0.262 e. The predicted octanol–water partition coefficient (Wildman–Crippen LogP) is 1.60. The van der Waals surface area contributed by atoms with Crippen LogP contribution in [-0.4, -0.2) is 52.0 Å². The van der Waals surface area contributed by atoms with E-state index in [-0.39, 0.29) is 5.91 Å². The van der Waals surface area contributed by atoms with Crippen molar-refractivity contribution >= 4 is 11.5 Å². The average Bonchev–Trinajstić information content (AvgIpc) is 3.16. The van der Waals surface area contributed by atoms with Crippen LogP contribution in [0, 0.1) is 0 Å². The Kier molecular flexibility index (Phi) is 4.36. The zero-order valence-corrected chi connectivity index (χ0v) is 14.3. The third-order valence-electron chi connectivity index (χ3n) is 5.16. The van der Waals surface area contributed by atoms with Crippen LogP contribution in [0.5, 0.6) is 0 Å². The van der Waals surface area contributed by atoms with Gasteiger partial charge in [-0.25, -0.2) is 0 Å². The number of hydrogen-bond donors (Lipinski definition) is 2. The third-order valence-corrected chi connectivity index (χ3v) is 5.16. The van der Waals surface area contributed by atoms with Gasteiger partial charge in [-0.15, -0.1) is 0 Å². The summed E-state index contributed by atoms with van der Waals surface area (Å²) in [6.07, 6.45) is 0.811. The van der Waals surface area contributed by atoms with Gasteiger partial charge in [-0.3, -0.25) is 4.79 Å². The van der Waals surface area contributed by atoms with E-state index in [1.165, 1.54) is 0 Å². The first-order valence-electron chi connectivity index (χ1n) is 8.72. The zero-order chi connectivity index (χ0) is 18.1. The molecule has 2 aliphatic rings. The summed E-state index contributed by atoms with van der Waals surface area (Å²) in [5, 5.41) is 20.1. The highest BCUT2D eigenvalue weighted by Crippen LogP contribution is 2.49. The predicted molar refractivity (Wildman–Crippen MR) is 97.0 cm³/mol. The fraction of sp³-hybridized carbons (Fsp3) is 0.286. The first-order chi connectivity index (χ1) is 12.7. The first kappa shape index (κ1) is 17.0. The highest BCUT2D eigenvalue weighted by atomic mass is 16.5. The van der Waals surface area contributed by atoms with Gasteiger partial charge < -0.3 is 19.8 Å². The molecule has 26 heavy (non-hydrogen) atoms. The van der Waals surface area contributed by atoms with Gasteiger partial charge in [0.05, 0.1) is 13.2 Å². The average molecular weight is 351 g/mol. The lowest BCUT2D eigenvalue weighted by Crippen LogP contribution is -2.77. The highest BCUT2D eigenvalue weighted by Gasteiger charge is 2.67. The van der Waals surface area contributed by atoms with Gasteiger partial charge in [0.15, 0.2) is 5.60 Å². The van der Waals surface area contributed by atoms with Gasteiger partial charge in [-0.1, -0.05) is 66.7 Å². The van der Waals surface area contributed by atoms with E-state index in [1.54, 1.807) is 4.90 Å². The van der Waals surface area contributed by atoms with Crippen LogP contribution < -0.4 is 0 Å². The molecule has 3 atom stereocenters. The Hall–Kier alpha value is -2.47. The molecule has 4 rings (SSSR count). The van der Waals surface area contributed by atoms with Crippen molar-refractivity contribution in [3.05, 3.63) is 77.9 Å². The van der Waals surface area contributed by atoms with E-state index in [1.807, 2.05) is 66.7 Å². The number of amides is 1. The minimum atomic E-state index is -1.22. The lowest BCUT2D eigenvalue weighted by Gasteiger charge is -2.56. The molecule has 1 saturated heterocycles. The molecule has 0 aliphatic carbocycles. The maximum atomic E-state index is 13.2. The lowest BCUT2D eigenvalue weighted by molar-refractivity contribution is -0.201. The van der Waals surface area contributed by atoms with E-state index in [0.29, 0.717) is 13.2 Å². The summed E-state index contributed by atoms with van der Waals surface area (Å²) >= 11 is 0. The van der Waals surface area contributed by atoms with Crippen LogP contribution in [0.25, 0.3) is 5.57 Å². The van der Waals surface area contributed by atoms with Crippen LogP contribution >= 0.6 is 0 Å². The molecule has 5 heteroatoms. The largest absolute Gasteiger partial charge is 0.394 e. The van der Waals surface area contributed by atoms with E-state index in [9.17, 15) is 15.0 Å². The number of aliphatic hydroxyl groups is 2. The molecule has 2 aromatic carbocycles. The molecule has 134 valence electrons. The Morgan fingerprint density at radius 1 is 1.12 bits per heavy atom. The molecular weight excluding hydrogens is 330 g/mol. The van der Waals surface area contributed by atoms with Gasteiger partial charge in [0.2, 0.25) is 0 Å². The Morgan fingerprint density at radius 2 is 1.77 bits per heavy atom. The van der Waals surface area contributed by atoms with Gasteiger partial charge in [0.1, 0.15) is 12.1 Å². The minimum Gasteiger partial charge on any atom is -0.394 e. The first-order valence-corrected chi connectivity index (χ1v) is 8.72. The van der Waals surface area contributed by atoms with E-state index in [2.05, 4.69) is 0 Å². The number of benzene rings is 2. The van der Waals surface area contributed by atoms with Crippen molar-refractivity contribution in [3.63, 3.8) is 0 Å². The fourth-order valence-electron chi connectivity index (χ4n) is 4.01. The molecule has 0 saturated carbocycles. The molecule has 0 bridgehead atoms. The number of ether oxygens (including phenoxy) is 1. The summed E-state index contributed by atoms with van der Waals surface area (Å²) < 4.78 is 5.90. The van der Waals surface area contributed by atoms with Crippen molar-refractivity contribution in [1.82, 2.24) is 4.90 Å². The van der Waals surface area contributed by atoms with Crippen molar-refractivity contribution in [2.24, 2.45) is 0 Å². The summed E-state index contributed by atoms with van der Waals surface area (Å²) in [4.78, 5) is 14.8. The van der Waals surface area contributed by atoms with Crippen LogP contribution in [0.15, 0.2) is 66.7 Å². The monoisotopic (exact) mass is 351 g/mol. The number of hydrogen-bond acceptors (Lipinski definition) is 4. The number of likely N-dealkylation sites (tertiary alicyclic amines) is 1. The Labute approximate surface area is 152 Å². The highest BCUT2D eigenvalue weighted by molar-refractivity contribution is 6.07. The summed E-state index contributed by atoms with van der Waals surface area (Å²) in [6.45, 7) is 0.245. The van der Waals surface area contributed by atoms with E-state index in [4.69, 9.17) is 4.74 Å². The van der Waals surface area contributed by atoms with Crippen LogP contribution in [0.1, 0.15) is 11.1 Å². The fourth-order valence-corrected chi connectivity index (χ4v) is 4.01. The number of rotatable bonds is 5. The molecule has 0 radical (unpaired) electrons. The number of β-lactam (4-membered cyclic amide) rings is 1. The second-order valence-electron chi connectivity index (χ2n) is 6.64. The normalized spacial score (nSPS) is 25.9. The van der Waals surface area contributed by atoms with Gasteiger partial charge in [0.25, 0.3) is 5.91 Å². The summed E-state index contributed by atoms with van der Waals surface area (Å²) in [5.41, 5.74) is 1.41. The van der Waals surface area contributed by atoms with E-state index in [0.717, 1.165) is 16.7 Å². The van der Waals surface area contributed by atoms with Crippen LogP contribution in [-0.2, 0) is 16.1 Å². The van der Waals surface area contributed by atoms with Crippen molar-refractivity contribution in [3.8, 4) is 0 Å². The minimum absolute atomic E-state index is 0.175. The molecule has 1 amide bonds. The van der Waals surface area contributed by atoms with Crippen molar-refractivity contribution in [2.75, 3.05) is 13.2 Å². The Balaban J connectivity index is 1.70. The number of nitrogens with zero attached hydrogens (tertiary/aromatic N) is 1. The molecule has 1 fully saturated rings. The molecular formula is C21H21NO4. The van der Waals surface area contributed by atoms with Crippen molar-refractivity contribution < 1.29 is 19.7 Å². The van der Waals surface area contributed by atoms with Gasteiger partial charge >= 0.3 is 0 Å². The van der Waals surface area contributed by atoms with Crippen LogP contribution in [0.2, 0.25) is 0 Å². The molecule has 5 nitrogen and oxygen atoms in total. The van der Waals surface area contributed by atoms with Crippen LogP contribution in [0.4, 0.5) is 0 Å².